The van der Waals surface area contributed by atoms with Crippen molar-refractivity contribution in [3.8, 4) is 5.75 Å². The Bertz CT molecular complexity index is 734. The van der Waals surface area contributed by atoms with Gasteiger partial charge in [-0.15, -0.1) is 0 Å². The first-order chi connectivity index (χ1) is 12.6. The molecule has 26 heavy (non-hydrogen) atoms. The Morgan fingerprint density at radius 1 is 1.19 bits per heavy atom. The molecule has 2 aromatic carbocycles. The average Bonchev–Trinajstić information content (AvgIpc) is 2.67. The van der Waals surface area contributed by atoms with Crippen molar-refractivity contribution in [2.75, 3.05) is 26.8 Å². The molecule has 1 fully saturated rings. The Balaban J connectivity index is 1.65. The zero-order valence-electron chi connectivity index (χ0n) is 15.1. The van der Waals surface area contributed by atoms with Crippen molar-refractivity contribution in [1.82, 2.24) is 4.90 Å². The molecule has 1 aliphatic rings. The van der Waals surface area contributed by atoms with E-state index in [1.807, 2.05) is 48.5 Å². The van der Waals surface area contributed by atoms with E-state index < -0.39 is 5.60 Å². The van der Waals surface area contributed by atoms with Crippen molar-refractivity contribution in [3.05, 3.63) is 65.7 Å². The number of piperidine rings is 1. The van der Waals surface area contributed by atoms with Crippen LogP contribution in [0.2, 0.25) is 0 Å². The standard InChI is InChI=1S/C21H25NO4/c1-25-14-17-7-5-8-18(13-17)20(23)22-12-6-11-21(24,15-22)16-26-19-9-3-2-4-10-19/h2-5,7-10,13,24H,6,11-12,14-16H2,1H3/t21-/m0/s1. The lowest BCUT2D eigenvalue weighted by molar-refractivity contribution is -0.0532. The Morgan fingerprint density at radius 3 is 2.77 bits per heavy atom. The number of methoxy groups -OCH3 is 1. The van der Waals surface area contributed by atoms with E-state index in [0.717, 1.165) is 17.7 Å². The van der Waals surface area contributed by atoms with Crippen molar-refractivity contribution in [2.24, 2.45) is 0 Å². The summed E-state index contributed by atoms with van der Waals surface area (Å²) in [4.78, 5) is 14.6. The van der Waals surface area contributed by atoms with E-state index in [0.29, 0.717) is 25.1 Å². The predicted octanol–water partition coefficient (Wildman–Crippen LogP) is 2.88. The fourth-order valence-corrected chi connectivity index (χ4v) is 3.28. The van der Waals surface area contributed by atoms with Gasteiger partial charge in [-0.25, -0.2) is 0 Å². The van der Waals surface area contributed by atoms with Crippen LogP contribution in [0.4, 0.5) is 0 Å². The van der Waals surface area contributed by atoms with E-state index in [4.69, 9.17) is 9.47 Å². The second-order valence-corrected chi connectivity index (χ2v) is 6.79. The van der Waals surface area contributed by atoms with E-state index in [1.54, 1.807) is 18.1 Å². The lowest BCUT2D eigenvalue weighted by atomic mass is 9.93. The molecule has 1 heterocycles. The van der Waals surface area contributed by atoms with Crippen LogP contribution in [0.25, 0.3) is 0 Å². The predicted molar refractivity (Wildman–Crippen MR) is 99.2 cm³/mol. The second kappa shape index (κ2) is 8.34. The Morgan fingerprint density at radius 2 is 2.00 bits per heavy atom. The summed E-state index contributed by atoms with van der Waals surface area (Å²) in [5.74, 6) is 0.650. The highest BCUT2D eigenvalue weighted by molar-refractivity contribution is 5.94. The lowest BCUT2D eigenvalue weighted by Gasteiger charge is -2.39. The molecule has 0 unspecified atom stereocenters. The van der Waals surface area contributed by atoms with Gasteiger partial charge in [0.1, 0.15) is 18.0 Å². The molecule has 0 saturated carbocycles. The molecule has 5 heteroatoms. The molecule has 1 saturated heterocycles. The molecular formula is C21H25NO4. The third kappa shape index (κ3) is 4.62. The van der Waals surface area contributed by atoms with Gasteiger partial charge >= 0.3 is 0 Å². The minimum absolute atomic E-state index is 0.0687. The Labute approximate surface area is 154 Å². The minimum atomic E-state index is -1.03. The molecule has 1 amide bonds. The van der Waals surface area contributed by atoms with Crippen molar-refractivity contribution in [1.29, 1.82) is 0 Å². The fraction of sp³-hybridized carbons (Fsp3) is 0.381. The van der Waals surface area contributed by atoms with Crippen LogP contribution < -0.4 is 4.74 Å². The van der Waals surface area contributed by atoms with Crippen LogP contribution in [-0.4, -0.2) is 48.3 Å². The van der Waals surface area contributed by atoms with Crippen LogP contribution in [0.15, 0.2) is 54.6 Å². The third-order valence-electron chi connectivity index (χ3n) is 4.58. The highest BCUT2D eigenvalue weighted by atomic mass is 16.5. The van der Waals surface area contributed by atoms with Gasteiger partial charge in [-0.2, -0.15) is 0 Å². The molecule has 0 aromatic heterocycles. The molecule has 1 atom stereocenters. The van der Waals surface area contributed by atoms with Gasteiger partial charge in [-0.3, -0.25) is 4.79 Å². The summed E-state index contributed by atoms with van der Waals surface area (Å²) in [6.07, 6.45) is 1.37. The van der Waals surface area contributed by atoms with Crippen molar-refractivity contribution in [3.63, 3.8) is 0 Å². The molecule has 138 valence electrons. The van der Waals surface area contributed by atoms with Crippen LogP contribution in [0.5, 0.6) is 5.75 Å². The molecule has 0 radical (unpaired) electrons. The van der Waals surface area contributed by atoms with Crippen molar-refractivity contribution in [2.45, 2.75) is 25.0 Å². The van der Waals surface area contributed by atoms with E-state index in [1.165, 1.54) is 0 Å². The number of para-hydroxylation sites is 1. The molecule has 0 aliphatic carbocycles. The van der Waals surface area contributed by atoms with Crippen molar-refractivity contribution >= 4 is 5.91 Å². The number of ether oxygens (including phenoxy) is 2. The zero-order chi connectivity index (χ0) is 18.4. The number of carbonyl (C=O) groups excluding carboxylic acids is 1. The summed E-state index contributed by atoms with van der Waals surface area (Å²) < 4.78 is 10.9. The summed E-state index contributed by atoms with van der Waals surface area (Å²) in [5, 5.41) is 10.9. The first-order valence-electron chi connectivity index (χ1n) is 8.87. The maximum absolute atomic E-state index is 12.9. The fourth-order valence-electron chi connectivity index (χ4n) is 3.28. The van der Waals surface area contributed by atoms with E-state index in [-0.39, 0.29) is 19.1 Å². The van der Waals surface area contributed by atoms with Crippen LogP contribution in [0, 0.1) is 0 Å². The van der Waals surface area contributed by atoms with E-state index in [2.05, 4.69) is 0 Å². The highest BCUT2D eigenvalue weighted by Gasteiger charge is 2.36. The Kier molecular flexibility index (Phi) is 5.91. The smallest absolute Gasteiger partial charge is 0.253 e. The number of carbonyl (C=O) groups is 1. The quantitative estimate of drug-likeness (QED) is 0.866. The van der Waals surface area contributed by atoms with Crippen LogP contribution in [-0.2, 0) is 11.3 Å². The van der Waals surface area contributed by atoms with Gasteiger partial charge in [0.2, 0.25) is 0 Å². The number of likely N-dealkylation sites (tertiary alicyclic amines) is 1. The van der Waals surface area contributed by atoms with Gasteiger partial charge in [0.15, 0.2) is 0 Å². The summed E-state index contributed by atoms with van der Waals surface area (Å²) in [7, 11) is 1.63. The number of aliphatic hydroxyl groups is 1. The second-order valence-electron chi connectivity index (χ2n) is 6.79. The van der Waals surface area contributed by atoms with Gasteiger partial charge in [0, 0.05) is 19.2 Å². The molecular weight excluding hydrogens is 330 g/mol. The largest absolute Gasteiger partial charge is 0.491 e. The monoisotopic (exact) mass is 355 g/mol. The molecule has 5 nitrogen and oxygen atoms in total. The Hall–Kier alpha value is -2.37. The van der Waals surface area contributed by atoms with Crippen LogP contribution in [0.3, 0.4) is 0 Å². The normalized spacial score (nSPS) is 20.0. The van der Waals surface area contributed by atoms with Gasteiger partial charge in [-0.05, 0) is 42.7 Å². The number of hydrogen-bond donors (Lipinski definition) is 1. The molecule has 1 aliphatic heterocycles. The summed E-state index contributed by atoms with van der Waals surface area (Å²) in [5.41, 5.74) is 0.541. The van der Waals surface area contributed by atoms with Gasteiger partial charge in [-0.1, -0.05) is 30.3 Å². The minimum Gasteiger partial charge on any atom is -0.491 e. The number of nitrogens with zero attached hydrogens (tertiary/aromatic N) is 1. The number of hydrogen-bond acceptors (Lipinski definition) is 4. The highest BCUT2D eigenvalue weighted by Crippen LogP contribution is 2.24. The first kappa shape index (κ1) is 18.4. The number of β-amino-alcohol motifs (C(OH)–C–C–N with tert-alkyl or cyclic N) is 1. The first-order valence-corrected chi connectivity index (χ1v) is 8.87. The van der Waals surface area contributed by atoms with Crippen LogP contribution >= 0.6 is 0 Å². The molecule has 0 bridgehead atoms. The van der Waals surface area contributed by atoms with Gasteiger partial charge < -0.3 is 19.5 Å². The maximum atomic E-state index is 12.9. The summed E-state index contributed by atoms with van der Waals surface area (Å²) >= 11 is 0. The van der Waals surface area contributed by atoms with Gasteiger partial charge in [0.05, 0.1) is 13.2 Å². The number of benzene rings is 2. The maximum Gasteiger partial charge on any atom is 0.253 e. The molecule has 1 N–H and O–H groups in total. The summed E-state index contributed by atoms with van der Waals surface area (Å²) in [6.45, 7) is 1.55. The zero-order valence-corrected chi connectivity index (χ0v) is 15.1. The summed E-state index contributed by atoms with van der Waals surface area (Å²) in [6, 6.07) is 16.9. The topological polar surface area (TPSA) is 59.0 Å². The molecule has 0 spiro atoms. The third-order valence-corrected chi connectivity index (χ3v) is 4.58. The molecule has 2 aromatic rings. The molecule has 3 rings (SSSR count). The van der Waals surface area contributed by atoms with E-state index >= 15 is 0 Å². The van der Waals surface area contributed by atoms with Gasteiger partial charge in [0.25, 0.3) is 5.91 Å². The van der Waals surface area contributed by atoms with E-state index in [9.17, 15) is 9.90 Å². The lowest BCUT2D eigenvalue weighted by Crippen LogP contribution is -2.53. The van der Waals surface area contributed by atoms with Crippen molar-refractivity contribution < 1.29 is 19.4 Å². The number of amides is 1. The SMILES string of the molecule is COCc1cccc(C(=O)N2CCC[C@@](O)(COc3ccccc3)C2)c1. The number of rotatable bonds is 6. The average molecular weight is 355 g/mol. The van der Waals surface area contributed by atoms with Crippen LogP contribution in [0.1, 0.15) is 28.8 Å².